The number of carbonyl (C=O) groups is 2. The number of hydrogen-bond acceptors (Lipinski definition) is 4. The largest absolute Gasteiger partial charge is 0.493 e. The van der Waals surface area contributed by atoms with E-state index in [-0.39, 0.29) is 5.57 Å². The molecule has 1 aliphatic heterocycles. The Hall–Kier alpha value is -2.80. The van der Waals surface area contributed by atoms with Crippen molar-refractivity contribution in [2.24, 2.45) is 0 Å². The van der Waals surface area contributed by atoms with Gasteiger partial charge < -0.3 is 9.47 Å². The maximum atomic E-state index is 12.7. The first-order valence-electron chi connectivity index (χ1n) is 7.97. The van der Waals surface area contributed by atoms with Gasteiger partial charge in [0.15, 0.2) is 11.5 Å². The molecule has 134 valence electrons. The van der Waals surface area contributed by atoms with Crippen LogP contribution in [0.5, 0.6) is 11.5 Å². The number of amides is 2. The zero-order valence-corrected chi connectivity index (χ0v) is 15.9. The standard InChI is InChI=1S/C19H17BrN2O4/c1-3-26-17-10-12(15(20)11-16(17)25-2)9-14-18(23)21-22(19(14)24)13-7-5-4-6-8-13/h4-11H,3H2,1-2H3,(H,21,23)/b14-9-. The van der Waals surface area contributed by atoms with Crippen molar-refractivity contribution < 1.29 is 19.1 Å². The van der Waals surface area contributed by atoms with Crippen molar-refractivity contribution in [1.82, 2.24) is 5.43 Å². The number of nitrogens with one attached hydrogen (secondary N) is 1. The molecule has 3 rings (SSSR count). The summed E-state index contributed by atoms with van der Waals surface area (Å²) < 4.78 is 11.5. The van der Waals surface area contributed by atoms with Gasteiger partial charge in [-0.05, 0) is 42.8 Å². The highest BCUT2D eigenvalue weighted by molar-refractivity contribution is 9.10. The molecule has 0 atom stereocenters. The van der Waals surface area contributed by atoms with Crippen LogP contribution in [0.3, 0.4) is 0 Å². The van der Waals surface area contributed by atoms with Gasteiger partial charge in [-0.1, -0.05) is 34.1 Å². The van der Waals surface area contributed by atoms with E-state index >= 15 is 0 Å². The average Bonchev–Trinajstić information content (AvgIpc) is 2.93. The molecule has 0 bridgehead atoms. The molecule has 0 saturated carbocycles. The Morgan fingerprint density at radius 2 is 1.88 bits per heavy atom. The fourth-order valence-electron chi connectivity index (χ4n) is 2.56. The third-order valence-corrected chi connectivity index (χ3v) is 4.48. The van der Waals surface area contributed by atoms with Crippen LogP contribution in [0.25, 0.3) is 6.08 Å². The lowest BCUT2D eigenvalue weighted by Crippen LogP contribution is -2.35. The van der Waals surface area contributed by atoms with Crippen LogP contribution in [0.4, 0.5) is 5.69 Å². The van der Waals surface area contributed by atoms with E-state index in [2.05, 4.69) is 21.4 Å². The Balaban J connectivity index is 1.98. The lowest BCUT2D eigenvalue weighted by molar-refractivity contribution is -0.117. The van der Waals surface area contributed by atoms with Crippen LogP contribution < -0.4 is 19.9 Å². The van der Waals surface area contributed by atoms with Gasteiger partial charge in [-0.3, -0.25) is 15.0 Å². The van der Waals surface area contributed by atoms with Gasteiger partial charge in [0, 0.05) is 4.47 Å². The average molecular weight is 417 g/mol. The van der Waals surface area contributed by atoms with Crippen LogP contribution in [-0.4, -0.2) is 25.5 Å². The number of rotatable bonds is 5. The van der Waals surface area contributed by atoms with Crippen LogP contribution in [0.1, 0.15) is 12.5 Å². The van der Waals surface area contributed by atoms with Gasteiger partial charge in [-0.2, -0.15) is 0 Å². The van der Waals surface area contributed by atoms with Crippen molar-refractivity contribution in [3.63, 3.8) is 0 Å². The monoisotopic (exact) mass is 416 g/mol. The molecule has 7 heteroatoms. The zero-order chi connectivity index (χ0) is 18.7. The second kappa shape index (κ2) is 7.61. The van der Waals surface area contributed by atoms with Gasteiger partial charge in [-0.15, -0.1) is 0 Å². The summed E-state index contributed by atoms with van der Waals surface area (Å²) in [6.45, 7) is 2.33. The van der Waals surface area contributed by atoms with Gasteiger partial charge in [-0.25, -0.2) is 5.01 Å². The number of nitrogens with zero attached hydrogens (tertiary/aromatic N) is 1. The van der Waals surface area contributed by atoms with E-state index in [0.29, 0.717) is 33.8 Å². The highest BCUT2D eigenvalue weighted by Crippen LogP contribution is 2.35. The lowest BCUT2D eigenvalue weighted by atomic mass is 10.1. The molecule has 2 aromatic carbocycles. The molecule has 0 aromatic heterocycles. The van der Waals surface area contributed by atoms with E-state index in [4.69, 9.17) is 9.47 Å². The van der Waals surface area contributed by atoms with E-state index in [1.54, 1.807) is 43.5 Å². The van der Waals surface area contributed by atoms with E-state index in [1.165, 1.54) is 11.1 Å². The summed E-state index contributed by atoms with van der Waals surface area (Å²) in [6, 6.07) is 12.4. The predicted molar refractivity (Wildman–Crippen MR) is 102 cm³/mol. The fourth-order valence-corrected chi connectivity index (χ4v) is 3.00. The molecule has 26 heavy (non-hydrogen) atoms. The minimum atomic E-state index is -0.459. The summed E-state index contributed by atoms with van der Waals surface area (Å²) in [5.41, 5.74) is 3.86. The maximum absolute atomic E-state index is 12.7. The smallest absolute Gasteiger partial charge is 0.282 e. The van der Waals surface area contributed by atoms with E-state index in [1.807, 2.05) is 13.0 Å². The Morgan fingerprint density at radius 1 is 1.15 bits per heavy atom. The summed E-state index contributed by atoms with van der Waals surface area (Å²) in [6.07, 6.45) is 1.53. The number of para-hydroxylation sites is 1. The highest BCUT2D eigenvalue weighted by atomic mass is 79.9. The summed E-state index contributed by atoms with van der Waals surface area (Å²) in [5, 5.41) is 1.23. The molecule has 1 fully saturated rings. The Kier molecular flexibility index (Phi) is 5.27. The van der Waals surface area contributed by atoms with Gasteiger partial charge in [0.1, 0.15) is 5.57 Å². The van der Waals surface area contributed by atoms with Crippen LogP contribution in [0, 0.1) is 0 Å². The van der Waals surface area contributed by atoms with Crippen molar-refractivity contribution in [2.45, 2.75) is 6.92 Å². The third kappa shape index (κ3) is 3.43. The van der Waals surface area contributed by atoms with E-state index < -0.39 is 11.8 Å². The molecule has 0 radical (unpaired) electrons. The van der Waals surface area contributed by atoms with Crippen molar-refractivity contribution in [3.05, 3.63) is 58.1 Å². The molecule has 6 nitrogen and oxygen atoms in total. The van der Waals surface area contributed by atoms with Gasteiger partial charge >= 0.3 is 0 Å². The summed E-state index contributed by atoms with van der Waals surface area (Å²) in [5.74, 6) is 0.228. The molecular formula is C19H17BrN2O4. The predicted octanol–water partition coefficient (Wildman–Crippen LogP) is 3.32. The molecular weight excluding hydrogens is 400 g/mol. The normalized spacial score (nSPS) is 15.3. The second-order valence-electron chi connectivity index (χ2n) is 5.43. The molecule has 1 heterocycles. The first-order chi connectivity index (χ1) is 12.5. The molecule has 1 saturated heterocycles. The topological polar surface area (TPSA) is 67.9 Å². The van der Waals surface area contributed by atoms with Crippen molar-refractivity contribution in [1.29, 1.82) is 0 Å². The molecule has 1 aliphatic rings. The molecule has 0 unspecified atom stereocenters. The highest BCUT2D eigenvalue weighted by Gasteiger charge is 2.34. The number of hydrazine groups is 1. The number of hydrogen-bond donors (Lipinski definition) is 1. The number of halogens is 1. The number of anilines is 1. The molecule has 2 amide bonds. The number of carbonyl (C=O) groups excluding carboxylic acids is 2. The molecule has 1 N–H and O–H groups in total. The second-order valence-corrected chi connectivity index (χ2v) is 6.29. The number of methoxy groups -OCH3 is 1. The lowest BCUT2D eigenvalue weighted by Gasteiger charge is -2.14. The van der Waals surface area contributed by atoms with Crippen LogP contribution in [0.2, 0.25) is 0 Å². The Morgan fingerprint density at radius 3 is 2.54 bits per heavy atom. The number of ether oxygens (including phenoxy) is 2. The fraction of sp³-hybridized carbons (Fsp3) is 0.158. The van der Waals surface area contributed by atoms with Crippen LogP contribution in [-0.2, 0) is 9.59 Å². The van der Waals surface area contributed by atoms with E-state index in [9.17, 15) is 9.59 Å². The van der Waals surface area contributed by atoms with Gasteiger partial charge in [0.05, 0.1) is 19.4 Å². The zero-order valence-electron chi connectivity index (χ0n) is 14.3. The van der Waals surface area contributed by atoms with Crippen molar-refractivity contribution in [3.8, 4) is 11.5 Å². The molecule has 0 aliphatic carbocycles. The molecule has 0 spiro atoms. The summed E-state index contributed by atoms with van der Waals surface area (Å²) >= 11 is 3.44. The van der Waals surface area contributed by atoms with Crippen LogP contribution >= 0.6 is 15.9 Å². The third-order valence-electron chi connectivity index (χ3n) is 3.79. The molecule has 2 aromatic rings. The first-order valence-corrected chi connectivity index (χ1v) is 8.77. The van der Waals surface area contributed by atoms with Gasteiger partial charge in [0.2, 0.25) is 0 Å². The Labute approximate surface area is 159 Å². The van der Waals surface area contributed by atoms with Gasteiger partial charge in [0.25, 0.3) is 11.8 Å². The maximum Gasteiger partial charge on any atom is 0.282 e. The quantitative estimate of drug-likeness (QED) is 0.599. The van der Waals surface area contributed by atoms with E-state index in [0.717, 1.165) is 0 Å². The Bertz CT molecular complexity index is 881. The first kappa shape index (κ1) is 18.0. The minimum Gasteiger partial charge on any atom is -0.493 e. The number of benzene rings is 2. The van der Waals surface area contributed by atoms with Crippen molar-refractivity contribution >= 4 is 39.5 Å². The van der Waals surface area contributed by atoms with Crippen LogP contribution in [0.15, 0.2) is 52.5 Å². The summed E-state index contributed by atoms with van der Waals surface area (Å²) in [7, 11) is 1.55. The summed E-state index contributed by atoms with van der Waals surface area (Å²) in [4.78, 5) is 25.0. The van der Waals surface area contributed by atoms with Crippen molar-refractivity contribution in [2.75, 3.05) is 18.7 Å². The SMILES string of the molecule is CCOc1cc(/C=C2/C(=O)NN(c3ccccc3)C2=O)c(Br)cc1OC. The minimum absolute atomic E-state index is 0.0437.